The maximum Gasteiger partial charge on any atom is 0.326 e. The number of hydrogen-bond acceptors (Lipinski definition) is 3. The zero-order valence-electron chi connectivity index (χ0n) is 11.7. The van der Waals surface area contributed by atoms with E-state index in [-0.39, 0.29) is 11.8 Å². The Morgan fingerprint density at radius 1 is 1.29 bits per heavy atom. The maximum absolute atomic E-state index is 12.3. The van der Waals surface area contributed by atoms with E-state index in [0.717, 1.165) is 31.4 Å². The molecule has 1 amide bonds. The first-order valence-corrected chi connectivity index (χ1v) is 7.36. The van der Waals surface area contributed by atoms with Crippen molar-refractivity contribution in [3.05, 3.63) is 35.4 Å². The second kappa shape index (κ2) is 5.85. The molecule has 1 heterocycles. The number of carboxylic acid groups (broad SMARTS) is 1. The van der Waals surface area contributed by atoms with Crippen LogP contribution < -0.4 is 5.32 Å². The SMILES string of the molecule is O=C(NC(C(=O)O)C1CC1)c1cccc(C2CCOC2)c1. The second-order valence-electron chi connectivity index (χ2n) is 5.81. The molecule has 1 saturated heterocycles. The van der Waals surface area contributed by atoms with Crippen LogP contribution in [-0.4, -0.2) is 36.2 Å². The van der Waals surface area contributed by atoms with Gasteiger partial charge in [0.25, 0.3) is 5.91 Å². The van der Waals surface area contributed by atoms with Crippen LogP contribution in [0.2, 0.25) is 0 Å². The fourth-order valence-corrected chi connectivity index (χ4v) is 2.77. The normalized spacial score (nSPS) is 22.8. The second-order valence-corrected chi connectivity index (χ2v) is 5.81. The van der Waals surface area contributed by atoms with Gasteiger partial charge in [-0.25, -0.2) is 4.79 Å². The Kier molecular flexibility index (Phi) is 3.92. The predicted octanol–water partition coefficient (Wildman–Crippen LogP) is 1.78. The highest BCUT2D eigenvalue weighted by atomic mass is 16.5. The van der Waals surface area contributed by atoms with Crippen LogP contribution in [0.5, 0.6) is 0 Å². The Bertz CT molecular complexity index is 547. The molecule has 2 fully saturated rings. The Morgan fingerprint density at radius 3 is 2.71 bits per heavy atom. The average Bonchev–Trinajstić information content (AvgIpc) is 3.17. The summed E-state index contributed by atoms with van der Waals surface area (Å²) in [5.74, 6) is -0.851. The van der Waals surface area contributed by atoms with Gasteiger partial charge in [-0.3, -0.25) is 4.79 Å². The third kappa shape index (κ3) is 3.24. The molecule has 1 saturated carbocycles. The lowest BCUT2D eigenvalue weighted by Gasteiger charge is -2.15. The van der Waals surface area contributed by atoms with Gasteiger partial charge in [0.15, 0.2) is 0 Å². The van der Waals surface area contributed by atoms with Crippen LogP contribution in [0.3, 0.4) is 0 Å². The fourth-order valence-electron chi connectivity index (χ4n) is 2.77. The van der Waals surface area contributed by atoms with Crippen LogP contribution in [0.4, 0.5) is 0 Å². The predicted molar refractivity (Wildman–Crippen MR) is 76.2 cm³/mol. The Morgan fingerprint density at radius 2 is 2.10 bits per heavy atom. The van der Waals surface area contributed by atoms with Gasteiger partial charge < -0.3 is 15.2 Å². The molecule has 1 aliphatic carbocycles. The van der Waals surface area contributed by atoms with Crippen molar-refractivity contribution in [1.82, 2.24) is 5.32 Å². The minimum absolute atomic E-state index is 0.0814. The lowest BCUT2D eigenvalue weighted by atomic mass is 9.96. The Labute approximate surface area is 123 Å². The third-order valence-electron chi connectivity index (χ3n) is 4.20. The van der Waals surface area contributed by atoms with E-state index in [1.165, 1.54) is 0 Å². The number of ether oxygens (including phenoxy) is 1. The van der Waals surface area contributed by atoms with E-state index in [2.05, 4.69) is 5.32 Å². The Balaban J connectivity index is 1.71. The number of aliphatic carboxylic acids is 1. The molecule has 2 atom stereocenters. The number of hydrogen-bond donors (Lipinski definition) is 2. The summed E-state index contributed by atoms with van der Waals surface area (Å²) in [5.41, 5.74) is 1.60. The summed E-state index contributed by atoms with van der Waals surface area (Å²) in [6.07, 6.45) is 2.71. The number of nitrogens with one attached hydrogen (secondary N) is 1. The van der Waals surface area contributed by atoms with Crippen LogP contribution in [0.1, 0.15) is 41.1 Å². The highest BCUT2D eigenvalue weighted by Crippen LogP contribution is 2.33. The van der Waals surface area contributed by atoms with E-state index in [1.807, 2.05) is 18.2 Å². The summed E-state index contributed by atoms with van der Waals surface area (Å²) in [6, 6.07) is 6.64. The van der Waals surface area contributed by atoms with Crippen LogP contribution >= 0.6 is 0 Å². The molecule has 0 bridgehead atoms. The molecule has 0 radical (unpaired) electrons. The van der Waals surface area contributed by atoms with Gasteiger partial charge in [-0.15, -0.1) is 0 Å². The van der Waals surface area contributed by atoms with Crippen molar-refractivity contribution >= 4 is 11.9 Å². The van der Waals surface area contributed by atoms with Crippen molar-refractivity contribution in [3.8, 4) is 0 Å². The molecule has 112 valence electrons. The van der Waals surface area contributed by atoms with Crippen LogP contribution in [0.15, 0.2) is 24.3 Å². The van der Waals surface area contributed by atoms with Gasteiger partial charge in [0.05, 0.1) is 6.61 Å². The van der Waals surface area contributed by atoms with Crippen molar-refractivity contribution < 1.29 is 19.4 Å². The summed E-state index contributed by atoms with van der Waals surface area (Å²) < 4.78 is 5.37. The van der Waals surface area contributed by atoms with Crippen LogP contribution in [0.25, 0.3) is 0 Å². The molecule has 2 unspecified atom stereocenters. The molecule has 5 heteroatoms. The smallest absolute Gasteiger partial charge is 0.326 e. The summed E-state index contributed by atoms with van der Waals surface area (Å²) in [5, 5.41) is 11.8. The minimum atomic E-state index is -0.953. The van der Waals surface area contributed by atoms with Gasteiger partial charge in [-0.2, -0.15) is 0 Å². The molecule has 5 nitrogen and oxygen atoms in total. The Hall–Kier alpha value is -1.88. The third-order valence-corrected chi connectivity index (χ3v) is 4.20. The van der Waals surface area contributed by atoms with Gasteiger partial charge in [-0.1, -0.05) is 12.1 Å². The molecule has 1 aliphatic heterocycles. The number of carbonyl (C=O) groups excluding carboxylic acids is 1. The summed E-state index contributed by atoms with van der Waals surface area (Å²) >= 11 is 0. The number of carboxylic acids is 1. The largest absolute Gasteiger partial charge is 0.480 e. The summed E-state index contributed by atoms with van der Waals surface area (Å²) in [4.78, 5) is 23.4. The lowest BCUT2D eigenvalue weighted by molar-refractivity contribution is -0.139. The molecule has 1 aromatic rings. The van der Waals surface area contributed by atoms with Crippen molar-refractivity contribution in [2.45, 2.75) is 31.2 Å². The highest BCUT2D eigenvalue weighted by Gasteiger charge is 2.37. The van der Waals surface area contributed by atoms with Crippen molar-refractivity contribution in [2.75, 3.05) is 13.2 Å². The molecule has 2 aliphatic rings. The van der Waals surface area contributed by atoms with Crippen molar-refractivity contribution in [3.63, 3.8) is 0 Å². The highest BCUT2D eigenvalue weighted by molar-refractivity contribution is 5.96. The molecule has 1 aromatic carbocycles. The van der Waals surface area contributed by atoms with E-state index < -0.39 is 12.0 Å². The van der Waals surface area contributed by atoms with E-state index in [4.69, 9.17) is 4.74 Å². The monoisotopic (exact) mass is 289 g/mol. The summed E-state index contributed by atoms with van der Waals surface area (Å²) in [7, 11) is 0. The molecule has 0 aromatic heterocycles. The van der Waals surface area contributed by atoms with Crippen molar-refractivity contribution in [2.24, 2.45) is 5.92 Å². The number of carbonyl (C=O) groups is 2. The molecule has 0 spiro atoms. The first kappa shape index (κ1) is 14.1. The average molecular weight is 289 g/mol. The first-order chi connectivity index (χ1) is 10.1. The standard InChI is InChI=1S/C16H19NO4/c18-15(17-14(16(19)20)10-4-5-10)12-3-1-2-11(8-12)13-6-7-21-9-13/h1-3,8,10,13-14H,4-7,9H2,(H,17,18)(H,19,20). The van der Waals surface area contributed by atoms with Gasteiger partial charge in [0.2, 0.25) is 0 Å². The molecular weight excluding hydrogens is 270 g/mol. The maximum atomic E-state index is 12.3. The van der Waals surface area contributed by atoms with E-state index in [1.54, 1.807) is 6.07 Å². The van der Waals surface area contributed by atoms with Gasteiger partial charge in [-0.05, 0) is 42.9 Å². The van der Waals surface area contributed by atoms with Gasteiger partial charge in [0, 0.05) is 18.1 Å². The first-order valence-electron chi connectivity index (χ1n) is 7.36. The van der Waals surface area contributed by atoms with Gasteiger partial charge >= 0.3 is 5.97 Å². The van der Waals surface area contributed by atoms with E-state index >= 15 is 0 Å². The van der Waals surface area contributed by atoms with Crippen LogP contribution in [0, 0.1) is 5.92 Å². The summed E-state index contributed by atoms with van der Waals surface area (Å²) in [6.45, 7) is 1.44. The molecular formula is C16H19NO4. The number of benzene rings is 1. The van der Waals surface area contributed by atoms with Crippen LogP contribution in [-0.2, 0) is 9.53 Å². The zero-order chi connectivity index (χ0) is 14.8. The molecule has 21 heavy (non-hydrogen) atoms. The van der Waals surface area contributed by atoms with Gasteiger partial charge in [0.1, 0.15) is 6.04 Å². The fraction of sp³-hybridized carbons (Fsp3) is 0.500. The van der Waals surface area contributed by atoms with Crippen molar-refractivity contribution in [1.29, 1.82) is 0 Å². The van der Waals surface area contributed by atoms with E-state index in [9.17, 15) is 14.7 Å². The number of amides is 1. The molecule has 3 rings (SSSR count). The zero-order valence-corrected chi connectivity index (χ0v) is 11.7. The quantitative estimate of drug-likeness (QED) is 0.866. The van der Waals surface area contributed by atoms with E-state index in [0.29, 0.717) is 18.1 Å². The lowest BCUT2D eigenvalue weighted by Crippen LogP contribution is -2.42. The minimum Gasteiger partial charge on any atom is -0.480 e. The molecule has 2 N–H and O–H groups in total. The number of rotatable bonds is 5. The topological polar surface area (TPSA) is 75.6 Å².